The molecule has 7 nitrogen and oxygen atoms in total. The van der Waals surface area contributed by atoms with Crippen molar-refractivity contribution in [1.82, 2.24) is 4.57 Å². The zero-order valence-electron chi connectivity index (χ0n) is 22.4. The van der Waals surface area contributed by atoms with E-state index in [0.29, 0.717) is 48.1 Å². The van der Waals surface area contributed by atoms with Crippen LogP contribution in [-0.2, 0) is 16.0 Å². The van der Waals surface area contributed by atoms with Crippen LogP contribution in [0.15, 0.2) is 76.7 Å². The number of ether oxygens (including phenoxy) is 2. The lowest BCUT2D eigenvalue weighted by molar-refractivity contribution is -0.650. The quantitative estimate of drug-likeness (QED) is 0.0725. The Morgan fingerprint density at radius 1 is 1.05 bits per heavy atom. The van der Waals surface area contributed by atoms with Crippen LogP contribution in [0.2, 0.25) is 0 Å². The Balaban J connectivity index is 2.05. The first-order chi connectivity index (χ1) is 18.4. The van der Waals surface area contributed by atoms with E-state index in [1.165, 1.54) is 11.8 Å². The first kappa shape index (κ1) is 29.0. The number of aromatic hydroxyl groups is 1. The summed E-state index contributed by atoms with van der Waals surface area (Å²) < 4.78 is 14.2. The van der Waals surface area contributed by atoms with Gasteiger partial charge in [-0.05, 0) is 87.7 Å². The van der Waals surface area contributed by atoms with E-state index >= 15 is 0 Å². The molecule has 0 bridgehead atoms. The summed E-state index contributed by atoms with van der Waals surface area (Å²) in [5, 5.41) is 12.1. The fourth-order valence-corrected chi connectivity index (χ4v) is 5.07. The number of thioether (sulfide) groups is 1. The third-order valence-electron chi connectivity index (χ3n) is 5.88. The summed E-state index contributed by atoms with van der Waals surface area (Å²) >= 11 is 1.48. The molecule has 2 aromatic carbocycles. The highest BCUT2D eigenvalue weighted by Gasteiger charge is 2.31. The largest absolute Gasteiger partial charge is 0.494 e. The summed E-state index contributed by atoms with van der Waals surface area (Å²) in [7, 11) is 0. The molecule has 3 aromatic rings. The summed E-state index contributed by atoms with van der Waals surface area (Å²) in [5.41, 5.74) is 2.00. The van der Waals surface area contributed by atoms with E-state index in [1.54, 1.807) is 16.1 Å². The maximum absolute atomic E-state index is 13.8. The number of rotatable bonds is 14. The molecule has 1 aromatic heterocycles. The zero-order chi connectivity index (χ0) is 27.5. The summed E-state index contributed by atoms with van der Waals surface area (Å²) in [6.07, 6.45) is 3.59. The first-order valence-electron chi connectivity index (χ1n) is 13.1. The molecule has 3 rings (SSSR count). The Bertz CT molecular complexity index is 1290. The van der Waals surface area contributed by atoms with Gasteiger partial charge in [0.05, 0.1) is 13.2 Å². The van der Waals surface area contributed by atoms with Crippen molar-refractivity contribution in [3.63, 3.8) is 0 Å². The molecule has 0 aliphatic heterocycles. The van der Waals surface area contributed by atoms with Gasteiger partial charge in [0, 0.05) is 11.3 Å². The molecule has 0 amide bonds. The molecule has 0 fully saturated rings. The van der Waals surface area contributed by atoms with Crippen LogP contribution in [0.5, 0.6) is 11.6 Å². The number of nitrogens with zero attached hydrogens (tertiary/aromatic N) is 2. The number of carbonyl (C=O) groups excluding carboxylic acids is 1. The highest BCUT2D eigenvalue weighted by Crippen LogP contribution is 2.26. The molecule has 0 aliphatic rings. The van der Waals surface area contributed by atoms with Gasteiger partial charge < -0.3 is 14.6 Å². The first-order valence-corrected chi connectivity index (χ1v) is 14.0. The van der Waals surface area contributed by atoms with Crippen LogP contribution in [0.3, 0.4) is 0 Å². The second kappa shape index (κ2) is 14.4. The predicted molar refractivity (Wildman–Crippen MR) is 151 cm³/mol. The number of para-hydroxylation sites is 1. The van der Waals surface area contributed by atoms with E-state index < -0.39 is 5.97 Å². The molecule has 0 radical (unpaired) electrons. The van der Waals surface area contributed by atoms with Crippen molar-refractivity contribution in [3.05, 3.63) is 82.7 Å². The molecule has 1 heterocycles. The van der Waals surface area contributed by atoms with Gasteiger partial charge >= 0.3 is 16.7 Å². The zero-order valence-corrected chi connectivity index (χ0v) is 23.3. The van der Waals surface area contributed by atoms with Crippen LogP contribution in [0.4, 0.5) is 0 Å². The van der Waals surface area contributed by atoms with E-state index in [2.05, 4.69) is 13.5 Å². The van der Waals surface area contributed by atoms with Gasteiger partial charge in [-0.1, -0.05) is 38.1 Å². The standard InChI is InChI=1S/C30H36N2O5S/c1-5-7-15-26-27(33)31(23-13-9-8-10-14-23)30(38-21-12-11-20-37-29(35)22(3)4)32(28(26)34)24-16-18-25(19-17-24)36-6-2/h8-10,13-14,16-19H,3,5-7,11-12,15,20-21H2,1-2,4H3/p+1. The molecule has 0 saturated heterocycles. The van der Waals surface area contributed by atoms with Gasteiger partial charge in [0.1, 0.15) is 22.7 Å². The number of unbranched alkanes of at least 4 members (excludes halogenated alkanes) is 2. The van der Waals surface area contributed by atoms with Crippen molar-refractivity contribution >= 4 is 17.7 Å². The van der Waals surface area contributed by atoms with Crippen molar-refractivity contribution in [1.29, 1.82) is 0 Å². The van der Waals surface area contributed by atoms with Gasteiger partial charge in [0.15, 0.2) is 0 Å². The van der Waals surface area contributed by atoms with Crippen molar-refractivity contribution in [2.24, 2.45) is 0 Å². The fraction of sp³-hybridized carbons (Fsp3) is 0.367. The van der Waals surface area contributed by atoms with Crippen molar-refractivity contribution in [3.8, 4) is 23.0 Å². The van der Waals surface area contributed by atoms with Crippen LogP contribution >= 0.6 is 11.8 Å². The molecule has 0 atom stereocenters. The average molecular weight is 538 g/mol. The number of hydrogen-bond donors (Lipinski definition) is 1. The van der Waals surface area contributed by atoms with Crippen LogP contribution < -0.4 is 14.9 Å². The van der Waals surface area contributed by atoms with E-state index in [9.17, 15) is 14.7 Å². The van der Waals surface area contributed by atoms with Crippen LogP contribution in [0.25, 0.3) is 11.4 Å². The van der Waals surface area contributed by atoms with E-state index in [0.717, 1.165) is 36.4 Å². The van der Waals surface area contributed by atoms with Gasteiger partial charge in [-0.25, -0.2) is 9.59 Å². The van der Waals surface area contributed by atoms with Gasteiger partial charge in [0.25, 0.3) is 5.88 Å². The maximum atomic E-state index is 13.8. The van der Waals surface area contributed by atoms with Gasteiger partial charge in [-0.3, -0.25) is 0 Å². The number of esters is 1. The number of carbonyl (C=O) groups is 1. The van der Waals surface area contributed by atoms with Crippen molar-refractivity contribution in [2.45, 2.75) is 58.0 Å². The van der Waals surface area contributed by atoms with Crippen molar-refractivity contribution in [2.75, 3.05) is 19.0 Å². The second-order valence-electron chi connectivity index (χ2n) is 8.90. The SMILES string of the molecule is C=C(C)C(=O)OCCCCSc1n(-c2ccccc2)c(=O)c(CCCC)c(O)[n+]1-c1ccc(OCC)cc1. The number of aromatic nitrogens is 2. The molecule has 0 aliphatic carbocycles. The summed E-state index contributed by atoms with van der Waals surface area (Å²) in [6, 6.07) is 17.0. The highest BCUT2D eigenvalue weighted by molar-refractivity contribution is 7.99. The lowest BCUT2D eigenvalue weighted by atomic mass is 10.1. The minimum atomic E-state index is -0.392. The van der Waals surface area contributed by atoms with Crippen molar-refractivity contribution < 1.29 is 23.9 Å². The molecule has 38 heavy (non-hydrogen) atoms. The lowest BCUT2D eigenvalue weighted by Gasteiger charge is -2.15. The predicted octanol–water partition coefficient (Wildman–Crippen LogP) is 5.55. The smallest absolute Gasteiger partial charge is 0.350 e. The fourth-order valence-electron chi connectivity index (χ4n) is 3.90. The minimum Gasteiger partial charge on any atom is -0.494 e. The van der Waals surface area contributed by atoms with Crippen LogP contribution in [-0.4, -0.2) is 34.6 Å². The average Bonchev–Trinajstić information content (AvgIpc) is 2.91. The van der Waals surface area contributed by atoms with Gasteiger partial charge in [-0.15, -0.1) is 0 Å². The third kappa shape index (κ3) is 7.28. The Hall–Kier alpha value is -3.52. The monoisotopic (exact) mass is 537 g/mol. The second-order valence-corrected chi connectivity index (χ2v) is 9.96. The molecular formula is C30H37N2O5S+. The van der Waals surface area contributed by atoms with E-state index in [1.807, 2.05) is 61.5 Å². The topological polar surface area (TPSA) is 81.6 Å². The number of hydrogen-bond acceptors (Lipinski definition) is 6. The Labute approximate surface area is 228 Å². The van der Waals surface area contributed by atoms with E-state index in [4.69, 9.17) is 9.47 Å². The maximum Gasteiger partial charge on any atom is 0.350 e. The molecule has 0 spiro atoms. The summed E-state index contributed by atoms with van der Waals surface area (Å²) in [6.45, 7) is 10.1. The molecule has 202 valence electrons. The molecule has 0 unspecified atom stereocenters. The lowest BCUT2D eigenvalue weighted by Crippen LogP contribution is -2.43. The molecule has 8 heteroatoms. The summed E-state index contributed by atoms with van der Waals surface area (Å²) in [4.78, 5) is 25.4. The third-order valence-corrected chi connectivity index (χ3v) is 6.99. The van der Waals surface area contributed by atoms with Gasteiger partial charge in [0.2, 0.25) is 0 Å². The van der Waals surface area contributed by atoms with E-state index in [-0.39, 0.29) is 11.4 Å². The van der Waals surface area contributed by atoms with Gasteiger partial charge in [-0.2, -0.15) is 9.13 Å². The molecular weight excluding hydrogens is 500 g/mol. The van der Waals surface area contributed by atoms with Crippen LogP contribution in [0, 0.1) is 0 Å². The molecule has 0 saturated carbocycles. The molecule has 1 N–H and O–H groups in total. The number of benzene rings is 2. The Morgan fingerprint density at radius 3 is 2.39 bits per heavy atom. The Morgan fingerprint density at radius 2 is 1.76 bits per heavy atom. The van der Waals surface area contributed by atoms with Crippen LogP contribution in [0.1, 0.15) is 52.0 Å². The minimum absolute atomic E-state index is 0.0438. The Kier molecular flexibility index (Phi) is 11.0. The highest BCUT2D eigenvalue weighted by atomic mass is 32.2. The normalized spacial score (nSPS) is 10.8. The summed E-state index contributed by atoms with van der Waals surface area (Å²) in [5.74, 6) is 0.952.